The first kappa shape index (κ1) is 28.7. The minimum Gasteiger partial charge on any atom is -0.458 e. The quantitative estimate of drug-likeness (QED) is 0.219. The third-order valence-corrected chi connectivity index (χ3v) is 12.1. The predicted octanol–water partition coefficient (Wildman–Crippen LogP) is 1.40. The number of rotatable bonds is 5. The van der Waals surface area contributed by atoms with Gasteiger partial charge in [0.15, 0.2) is 6.29 Å². The van der Waals surface area contributed by atoms with Crippen LogP contribution < -0.4 is 0 Å². The lowest BCUT2D eigenvalue weighted by Gasteiger charge is -2.65. The van der Waals surface area contributed by atoms with Crippen LogP contribution >= 0.6 is 0 Å². The van der Waals surface area contributed by atoms with Gasteiger partial charge in [0.05, 0.1) is 41.0 Å². The number of fused-ring (bicyclic) bond motifs is 5. The molecule has 4 N–H and O–H groups in total. The van der Waals surface area contributed by atoms with Crippen LogP contribution in [-0.2, 0) is 28.5 Å². The summed E-state index contributed by atoms with van der Waals surface area (Å²) in [5.74, 6) is -1.31. The minimum atomic E-state index is -1.28. The molecule has 2 aliphatic heterocycles. The Bertz CT molecular complexity index is 1060. The number of cyclic esters (lactones) is 1. The normalized spacial score (nSPS) is 54.1. The van der Waals surface area contributed by atoms with E-state index in [1.54, 1.807) is 14.0 Å². The van der Waals surface area contributed by atoms with E-state index < -0.39 is 64.6 Å². The molecule has 6 aliphatic rings. The molecule has 0 aromatic carbocycles. The summed E-state index contributed by atoms with van der Waals surface area (Å²) in [5, 5.41) is 46.1. The molecule has 0 unspecified atom stereocenters. The van der Waals surface area contributed by atoms with Crippen LogP contribution in [0.1, 0.15) is 71.6 Å². The van der Waals surface area contributed by atoms with Gasteiger partial charge in [0.25, 0.3) is 0 Å². The second-order valence-electron chi connectivity index (χ2n) is 13.7. The molecule has 4 aliphatic carbocycles. The number of esters is 1. The number of methoxy groups -OCH3 is 1. The minimum absolute atomic E-state index is 0.132. The molecular weight excluding hydrogens is 520 g/mol. The summed E-state index contributed by atoms with van der Waals surface area (Å²) in [6, 6.07) is 0. The maximum absolute atomic E-state index is 13.0. The van der Waals surface area contributed by atoms with Crippen molar-refractivity contribution >= 4 is 12.3 Å². The van der Waals surface area contributed by atoms with E-state index >= 15 is 0 Å². The van der Waals surface area contributed by atoms with Gasteiger partial charge in [-0.3, -0.25) is 0 Å². The molecule has 6 rings (SSSR count). The molecule has 0 amide bonds. The van der Waals surface area contributed by atoms with Gasteiger partial charge in [-0.25, -0.2) is 4.79 Å². The summed E-state index contributed by atoms with van der Waals surface area (Å²) < 4.78 is 22.8. The van der Waals surface area contributed by atoms with E-state index in [1.807, 2.05) is 6.92 Å². The van der Waals surface area contributed by atoms with Crippen LogP contribution in [0.25, 0.3) is 0 Å². The summed E-state index contributed by atoms with van der Waals surface area (Å²) in [6.45, 7) is 3.91. The molecule has 0 bridgehead atoms. The molecule has 10 heteroatoms. The van der Waals surface area contributed by atoms with Crippen molar-refractivity contribution in [1.29, 1.82) is 0 Å². The molecular formula is C30H44O10. The Kier molecular flexibility index (Phi) is 7.05. The van der Waals surface area contributed by atoms with Crippen LogP contribution in [0, 0.1) is 28.6 Å². The molecule has 5 fully saturated rings. The molecule has 13 atom stereocenters. The second-order valence-corrected chi connectivity index (χ2v) is 13.7. The van der Waals surface area contributed by atoms with E-state index in [-0.39, 0.29) is 37.4 Å². The molecule has 224 valence electrons. The lowest BCUT2D eigenvalue weighted by atomic mass is 9.41. The van der Waals surface area contributed by atoms with Crippen molar-refractivity contribution in [3.05, 3.63) is 11.6 Å². The van der Waals surface area contributed by atoms with Crippen molar-refractivity contribution in [2.24, 2.45) is 28.6 Å². The van der Waals surface area contributed by atoms with Gasteiger partial charge in [0.1, 0.15) is 19.0 Å². The van der Waals surface area contributed by atoms with E-state index in [1.165, 1.54) is 6.08 Å². The average Bonchev–Trinajstić information content (AvgIpc) is 3.41. The lowest BCUT2D eigenvalue weighted by molar-refractivity contribution is -0.287. The first-order chi connectivity index (χ1) is 18.9. The number of ether oxygens (including phenoxy) is 4. The number of aliphatic hydroxyl groups is 4. The fourth-order valence-corrected chi connectivity index (χ4v) is 10.1. The molecule has 1 saturated heterocycles. The van der Waals surface area contributed by atoms with Gasteiger partial charge >= 0.3 is 5.97 Å². The van der Waals surface area contributed by atoms with Gasteiger partial charge in [-0.2, -0.15) is 0 Å². The van der Waals surface area contributed by atoms with Gasteiger partial charge in [-0.05, 0) is 62.9 Å². The zero-order valence-corrected chi connectivity index (χ0v) is 23.7. The van der Waals surface area contributed by atoms with E-state index in [9.17, 15) is 30.0 Å². The molecule has 2 heterocycles. The van der Waals surface area contributed by atoms with Crippen molar-refractivity contribution in [2.45, 2.75) is 120 Å². The van der Waals surface area contributed by atoms with Crippen LogP contribution in [0.5, 0.6) is 0 Å². The van der Waals surface area contributed by atoms with Crippen molar-refractivity contribution in [2.75, 3.05) is 13.7 Å². The third kappa shape index (κ3) is 3.93. The van der Waals surface area contributed by atoms with E-state index in [2.05, 4.69) is 0 Å². The molecule has 0 aromatic rings. The second kappa shape index (κ2) is 9.82. The number of hydrogen-bond donors (Lipinski definition) is 4. The van der Waals surface area contributed by atoms with Gasteiger partial charge in [-0.1, -0.05) is 6.92 Å². The Morgan fingerprint density at radius 2 is 1.82 bits per heavy atom. The lowest BCUT2D eigenvalue weighted by Crippen LogP contribution is -2.69. The third-order valence-electron chi connectivity index (χ3n) is 12.1. The summed E-state index contributed by atoms with van der Waals surface area (Å²) in [6.07, 6.45) is 2.99. The number of carbonyl (C=O) groups is 2. The highest BCUT2D eigenvalue weighted by Gasteiger charge is 2.73. The zero-order chi connectivity index (χ0) is 28.7. The van der Waals surface area contributed by atoms with Crippen LogP contribution in [0.3, 0.4) is 0 Å². The van der Waals surface area contributed by atoms with E-state index in [0.29, 0.717) is 44.9 Å². The van der Waals surface area contributed by atoms with Gasteiger partial charge in [0.2, 0.25) is 0 Å². The van der Waals surface area contributed by atoms with Gasteiger partial charge in [0, 0.05) is 43.8 Å². The zero-order valence-electron chi connectivity index (χ0n) is 23.7. The SMILES string of the molecule is CO[C@H]1C[C@H](O[C@H]2CC[C@]3(C=O)[C@H]4CC[C@]5(C)[C@H](C6=CC(=O)OC6)[C@@H](O)C[C@]5(O)[C@@H]4CC[C@]3(O)C2)O[C@H](C)[C@H]1O. The molecule has 0 aromatic heterocycles. The Morgan fingerprint density at radius 3 is 2.50 bits per heavy atom. The summed E-state index contributed by atoms with van der Waals surface area (Å²) in [5.41, 5.74) is -3.49. The van der Waals surface area contributed by atoms with Crippen LogP contribution in [0.2, 0.25) is 0 Å². The van der Waals surface area contributed by atoms with Gasteiger partial charge in [-0.15, -0.1) is 0 Å². The van der Waals surface area contributed by atoms with Crippen molar-refractivity contribution in [1.82, 2.24) is 0 Å². The van der Waals surface area contributed by atoms with E-state index in [0.717, 1.165) is 11.9 Å². The Hall–Kier alpha value is -1.40. The standard InChI is InChI=1S/C30H44O10/c1-16-26(34)22(37-3)11-24(39-16)40-18-4-8-28(15-31)19-5-7-27(2)25(17-10-23(33)38-14-17)21(32)13-30(27,36)20(19)6-9-29(28,35)12-18/h10,15-16,18-22,24-26,32,34-36H,4-9,11-14H2,1-3H3/t16-,18+,19+,20-,21+,22+,24+,25-,26-,27-,28+,29+,30+/m1/s1. The number of hydrogen-bond acceptors (Lipinski definition) is 10. The Morgan fingerprint density at radius 1 is 1.07 bits per heavy atom. The fourth-order valence-electron chi connectivity index (χ4n) is 10.1. The van der Waals surface area contributed by atoms with Crippen molar-refractivity contribution in [3.63, 3.8) is 0 Å². The fraction of sp³-hybridized carbons (Fsp3) is 0.867. The highest BCUT2D eigenvalue weighted by atomic mass is 16.7. The summed E-state index contributed by atoms with van der Waals surface area (Å²) in [4.78, 5) is 24.9. The Labute approximate surface area is 235 Å². The highest BCUT2D eigenvalue weighted by molar-refractivity contribution is 5.85. The molecule has 4 saturated carbocycles. The van der Waals surface area contributed by atoms with E-state index in [4.69, 9.17) is 18.9 Å². The number of aldehydes is 1. The molecule has 0 radical (unpaired) electrons. The van der Waals surface area contributed by atoms with Crippen molar-refractivity contribution < 1.29 is 49.0 Å². The summed E-state index contributed by atoms with van der Waals surface area (Å²) >= 11 is 0. The largest absolute Gasteiger partial charge is 0.458 e. The highest BCUT2D eigenvalue weighted by Crippen LogP contribution is 2.70. The monoisotopic (exact) mass is 564 g/mol. The first-order valence-electron chi connectivity index (χ1n) is 14.9. The van der Waals surface area contributed by atoms with Crippen LogP contribution in [0.15, 0.2) is 11.6 Å². The number of carbonyl (C=O) groups excluding carboxylic acids is 2. The van der Waals surface area contributed by atoms with Gasteiger partial charge < -0.3 is 44.2 Å². The van der Waals surface area contributed by atoms with Crippen LogP contribution in [0.4, 0.5) is 0 Å². The Balaban J connectivity index is 1.23. The topological polar surface area (TPSA) is 152 Å². The predicted molar refractivity (Wildman–Crippen MR) is 140 cm³/mol. The van der Waals surface area contributed by atoms with Crippen LogP contribution in [-0.4, -0.2) is 94.4 Å². The average molecular weight is 565 g/mol. The molecule has 40 heavy (non-hydrogen) atoms. The van der Waals surface area contributed by atoms with Crippen molar-refractivity contribution in [3.8, 4) is 0 Å². The number of aliphatic hydroxyl groups excluding tert-OH is 2. The molecule has 0 spiro atoms. The summed E-state index contributed by atoms with van der Waals surface area (Å²) in [7, 11) is 1.55. The smallest absolute Gasteiger partial charge is 0.331 e. The molecule has 10 nitrogen and oxygen atoms in total. The first-order valence-corrected chi connectivity index (χ1v) is 14.9. The maximum Gasteiger partial charge on any atom is 0.331 e. The maximum atomic E-state index is 13.0.